The molecule has 0 spiro atoms. The van der Waals surface area contributed by atoms with Crippen LogP contribution in [-0.4, -0.2) is 98.2 Å². The van der Waals surface area contributed by atoms with Crippen molar-refractivity contribution in [1.82, 2.24) is 34.7 Å². The van der Waals surface area contributed by atoms with E-state index >= 15 is 4.39 Å². The van der Waals surface area contributed by atoms with Crippen LogP contribution in [0.25, 0.3) is 39.0 Å². The Morgan fingerprint density at radius 3 is 2.62 bits per heavy atom. The zero-order valence-electron chi connectivity index (χ0n) is 27.9. The lowest BCUT2D eigenvalue weighted by atomic mass is 9.95. The fraction of sp³-hybridized carbons (Fsp3) is 0.316. The predicted molar refractivity (Wildman–Crippen MR) is 187 cm³/mol. The van der Waals surface area contributed by atoms with Gasteiger partial charge in [-0.05, 0) is 37.6 Å². The Morgan fingerprint density at radius 1 is 1.02 bits per heavy atom. The first-order valence-corrected chi connectivity index (χ1v) is 17.0. The SMILES string of the molecule is C#Cc1ccc(F)c2cccc(-c3ncc4c(N5CCN(C(=O)/C(F)=C/c6ncccn6)CC5)nc(OC[C@@]56CCCN5C[C@H](F)C6)nc4c3F)c12. The number of nitrogens with zero attached hydrogens (tertiary/aromatic N) is 8. The summed E-state index contributed by atoms with van der Waals surface area (Å²) in [6.45, 7) is 1.94. The number of aromatic nitrogens is 5. The maximum Gasteiger partial charge on any atom is 0.319 e. The van der Waals surface area contributed by atoms with Gasteiger partial charge in [-0.2, -0.15) is 9.97 Å². The van der Waals surface area contributed by atoms with Crippen molar-refractivity contribution in [3.8, 4) is 29.6 Å². The number of amides is 1. The van der Waals surface area contributed by atoms with Crippen LogP contribution in [0, 0.1) is 24.0 Å². The molecule has 14 heteroatoms. The second-order valence-corrected chi connectivity index (χ2v) is 13.2. The third-order valence-corrected chi connectivity index (χ3v) is 10.2. The molecule has 3 saturated heterocycles. The minimum atomic E-state index is -0.995. The number of piperazine rings is 1. The van der Waals surface area contributed by atoms with E-state index in [-0.39, 0.29) is 72.2 Å². The van der Waals surface area contributed by atoms with E-state index in [1.807, 2.05) is 4.90 Å². The van der Waals surface area contributed by atoms with Gasteiger partial charge >= 0.3 is 6.01 Å². The Bertz CT molecular complexity index is 2280. The lowest BCUT2D eigenvalue weighted by Crippen LogP contribution is -2.49. The molecule has 0 aliphatic carbocycles. The number of carbonyl (C=O) groups excluding carboxylic acids is 1. The molecular weight excluding hydrogens is 676 g/mol. The smallest absolute Gasteiger partial charge is 0.319 e. The van der Waals surface area contributed by atoms with Gasteiger partial charge in [0.15, 0.2) is 17.5 Å². The van der Waals surface area contributed by atoms with Gasteiger partial charge in [0, 0.05) is 85.7 Å². The number of anilines is 1. The highest BCUT2D eigenvalue weighted by molar-refractivity contribution is 6.02. The van der Waals surface area contributed by atoms with Gasteiger partial charge < -0.3 is 14.5 Å². The molecule has 8 rings (SSSR count). The summed E-state index contributed by atoms with van der Waals surface area (Å²) in [7, 11) is 0. The third-order valence-electron chi connectivity index (χ3n) is 10.2. The highest BCUT2D eigenvalue weighted by Crippen LogP contribution is 2.41. The number of hydrogen-bond donors (Lipinski definition) is 0. The Balaban J connectivity index is 1.16. The van der Waals surface area contributed by atoms with E-state index in [2.05, 4.69) is 30.8 Å². The molecule has 3 aliphatic rings. The molecule has 10 nitrogen and oxygen atoms in total. The van der Waals surface area contributed by atoms with E-state index in [1.165, 1.54) is 35.6 Å². The standard InChI is InChI=1S/C38H32F4N8O2/c1-2-23-8-9-28(40)25-6-3-7-26(31(23)25)33-32(42)34-27(20-45-33)35(47-37(46-34)52-22-38-10-4-13-50(38)21-24(39)19-38)48-14-16-49(17-15-48)36(51)29(41)18-30-43-11-5-12-44-30/h1,3,5-9,11-12,18,20,24H,4,10,13-17,19,21-22H2/b29-18-/t24-,38+/m1/s1. The minimum Gasteiger partial charge on any atom is -0.461 e. The van der Waals surface area contributed by atoms with E-state index in [0.717, 1.165) is 25.5 Å². The van der Waals surface area contributed by atoms with Gasteiger partial charge in [-0.25, -0.2) is 27.5 Å². The summed E-state index contributed by atoms with van der Waals surface area (Å²) in [6.07, 6.45) is 12.1. The molecule has 0 radical (unpaired) electrons. The molecule has 0 bridgehead atoms. The molecule has 5 aromatic rings. The average Bonchev–Trinajstić information content (AvgIpc) is 3.70. The molecule has 6 heterocycles. The molecule has 2 aromatic carbocycles. The zero-order valence-corrected chi connectivity index (χ0v) is 27.9. The first kappa shape index (κ1) is 33.5. The van der Waals surface area contributed by atoms with Crippen LogP contribution in [0.2, 0.25) is 0 Å². The summed E-state index contributed by atoms with van der Waals surface area (Å²) in [6, 6.07) is 9.00. The van der Waals surface area contributed by atoms with Gasteiger partial charge in [-0.1, -0.05) is 24.1 Å². The van der Waals surface area contributed by atoms with Crippen molar-refractivity contribution in [2.75, 3.05) is 50.8 Å². The third kappa shape index (κ3) is 5.94. The summed E-state index contributed by atoms with van der Waals surface area (Å²) in [4.78, 5) is 39.8. The molecule has 52 heavy (non-hydrogen) atoms. The number of fused-ring (bicyclic) bond motifs is 3. The van der Waals surface area contributed by atoms with E-state index in [9.17, 15) is 18.0 Å². The number of ether oxygens (including phenoxy) is 1. The van der Waals surface area contributed by atoms with Crippen LogP contribution >= 0.6 is 0 Å². The topological polar surface area (TPSA) is 100 Å². The van der Waals surface area contributed by atoms with Crippen LogP contribution < -0.4 is 9.64 Å². The molecular formula is C38H32F4N8O2. The lowest BCUT2D eigenvalue weighted by molar-refractivity contribution is -0.128. The largest absolute Gasteiger partial charge is 0.461 e. The van der Waals surface area contributed by atoms with Gasteiger partial charge in [0.05, 0.1) is 10.9 Å². The van der Waals surface area contributed by atoms with Gasteiger partial charge in [0.25, 0.3) is 5.91 Å². The number of halogens is 4. The number of hydrogen-bond acceptors (Lipinski definition) is 9. The maximum atomic E-state index is 16.8. The first-order chi connectivity index (χ1) is 25.2. The summed E-state index contributed by atoms with van der Waals surface area (Å²) in [5.74, 6) is -0.162. The van der Waals surface area contributed by atoms with Crippen molar-refractivity contribution in [2.45, 2.75) is 31.0 Å². The van der Waals surface area contributed by atoms with Crippen molar-refractivity contribution < 1.29 is 27.1 Å². The number of alkyl halides is 1. The zero-order chi connectivity index (χ0) is 36.0. The van der Waals surface area contributed by atoms with Crippen molar-refractivity contribution in [1.29, 1.82) is 0 Å². The van der Waals surface area contributed by atoms with Gasteiger partial charge in [-0.3, -0.25) is 14.7 Å². The lowest BCUT2D eigenvalue weighted by Gasteiger charge is -2.35. The first-order valence-electron chi connectivity index (χ1n) is 17.0. The van der Waals surface area contributed by atoms with Crippen LogP contribution in [-0.2, 0) is 4.79 Å². The Hall–Kier alpha value is -5.68. The van der Waals surface area contributed by atoms with Crippen LogP contribution in [0.4, 0.5) is 23.4 Å². The van der Waals surface area contributed by atoms with Crippen LogP contribution in [0.15, 0.2) is 60.8 Å². The van der Waals surface area contributed by atoms with E-state index in [1.54, 1.807) is 24.3 Å². The number of carbonyl (C=O) groups is 1. The molecule has 0 unspecified atom stereocenters. The van der Waals surface area contributed by atoms with Crippen molar-refractivity contribution in [3.05, 3.63) is 83.8 Å². The molecule has 3 aliphatic heterocycles. The molecule has 3 fully saturated rings. The van der Waals surface area contributed by atoms with Crippen LogP contribution in [0.5, 0.6) is 6.01 Å². The minimum absolute atomic E-state index is 0.0740. The predicted octanol–water partition coefficient (Wildman–Crippen LogP) is 5.51. The maximum absolute atomic E-state index is 16.8. The van der Waals surface area contributed by atoms with Gasteiger partial charge in [0.1, 0.15) is 35.6 Å². The second kappa shape index (κ2) is 13.5. The number of benzene rings is 2. The normalized spacial score (nSPS) is 20.8. The average molecular weight is 709 g/mol. The van der Waals surface area contributed by atoms with E-state index < -0.39 is 35.1 Å². The number of pyridine rings is 1. The number of terminal acetylenes is 1. The molecule has 2 atom stereocenters. The molecule has 0 N–H and O–H groups in total. The highest BCUT2D eigenvalue weighted by Gasteiger charge is 2.49. The quantitative estimate of drug-likeness (QED) is 0.123. The summed E-state index contributed by atoms with van der Waals surface area (Å²) < 4.78 is 67.4. The van der Waals surface area contributed by atoms with Crippen molar-refractivity contribution in [2.24, 2.45) is 0 Å². The number of rotatable bonds is 7. The highest BCUT2D eigenvalue weighted by atomic mass is 19.1. The van der Waals surface area contributed by atoms with Crippen LogP contribution in [0.3, 0.4) is 0 Å². The van der Waals surface area contributed by atoms with Gasteiger partial charge in [-0.15, -0.1) is 6.42 Å². The monoisotopic (exact) mass is 708 g/mol. The van der Waals surface area contributed by atoms with Crippen molar-refractivity contribution in [3.63, 3.8) is 0 Å². The molecule has 1 amide bonds. The van der Waals surface area contributed by atoms with E-state index in [0.29, 0.717) is 29.7 Å². The summed E-state index contributed by atoms with van der Waals surface area (Å²) in [5, 5.41) is 0.833. The fourth-order valence-corrected chi connectivity index (χ4v) is 7.68. The Morgan fingerprint density at radius 2 is 1.83 bits per heavy atom. The molecule has 0 saturated carbocycles. The van der Waals surface area contributed by atoms with Crippen LogP contribution in [0.1, 0.15) is 30.7 Å². The Labute approximate surface area is 296 Å². The second-order valence-electron chi connectivity index (χ2n) is 13.2. The summed E-state index contributed by atoms with van der Waals surface area (Å²) >= 11 is 0. The summed E-state index contributed by atoms with van der Waals surface area (Å²) in [5.41, 5.74) is -0.0271. The van der Waals surface area contributed by atoms with E-state index in [4.69, 9.17) is 16.1 Å². The van der Waals surface area contributed by atoms with Gasteiger partial charge in [0.2, 0.25) is 0 Å². The Kier molecular flexibility index (Phi) is 8.66. The molecule has 264 valence electrons. The fourth-order valence-electron chi connectivity index (χ4n) is 7.68. The van der Waals surface area contributed by atoms with Crippen molar-refractivity contribution >= 4 is 39.5 Å². The molecule has 3 aromatic heterocycles.